The van der Waals surface area contributed by atoms with Gasteiger partial charge in [-0.1, -0.05) is 18.8 Å². The second-order valence-electron chi connectivity index (χ2n) is 3.00. The molecule has 1 aromatic rings. The molecule has 0 aromatic carbocycles. The molecule has 2 nitrogen and oxygen atoms in total. The SMILES string of the molecule is CCCOc1cncc(C#CCCCl)c1. The lowest BCUT2D eigenvalue weighted by molar-refractivity contribution is 0.316. The zero-order valence-corrected chi connectivity index (χ0v) is 9.55. The molecule has 0 atom stereocenters. The van der Waals surface area contributed by atoms with E-state index in [0.717, 1.165) is 17.7 Å². The summed E-state index contributed by atoms with van der Waals surface area (Å²) >= 11 is 5.52. The van der Waals surface area contributed by atoms with E-state index < -0.39 is 0 Å². The maximum atomic E-state index is 5.52. The van der Waals surface area contributed by atoms with Gasteiger partial charge in [-0.25, -0.2) is 0 Å². The first-order valence-corrected chi connectivity index (χ1v) is 5.53. The van der Waals surface area contributed by atoms with Gasteiger partial charge in [-0.3, -0.25) is 4.98 Å². The van der Waals surface area contributed by atoms with E-state index in [9.17, 15) is 0 Å². The number of halogens is 1. The summed E-state index contributed by atoms with van der Waals surface area (Å²) in [6, 6.07) is 1.89. The van der Waals surface area contributed by atoms with Crippen LogP contribution in [-0.4, -0.2) is 17.5 Å². The molecule has 0 bridgehead atoms. The Bertz CT molecular complexity index is 354. The van der Waals surface area contributed by atoms with Crippen LogP contribution in [-0.2, 0) is 0 Å². The molecule has 1 aromatic heterocycles. The lowest BCUT2D eigenvalue weighted by Gasteiger charge is -2.03. The van der Waals surface area contributed by atoms with Crippen LogP contribution in [0.1, 0.15) is 25.3 Å². The molecule has 0 saturated heterocycles. The zero-order chi connectivity index (χ0) is 10.9. The van der Waals surface area contributed by atoms with Crippen LogP contribution in [0.15, 0.2) is 18.5 Å². The molecule has 0 fully saturated rings. The van der Waals surface area contributed by atoms with E-state index in [1.54, 1.807) is 12.4 Å². The minimum absolute atomic E-state index is 0.562. The highest BCUT2D eigenvalue weighted by molar-refractivity contribution is 6.18. The molecule has 1 rings (SSSR count). The number of rotatable bonds is 4. The molecule has 0 aliphatic rings. The van der Waals surface area contributed by atoms with Crippen molar-refractivity contribution in [2.24, 2.45) is 0 Å². The summed E-state index contributed by atoms with van der Waals surface area (Å²) in [5.41, 5.74) is 0.869. The van der Waals surface area contributed by atoms with Gasteiger partial charge in [0.1, 0.15) is 5.75 Å². The van der Waals surface area contributed by atoms with Crippen molar-refractivity contribution in [3.05, 3.63) is 24.0 Å². The highest BCUT2D eigenvalue weighted by atomic mass is 35.5. The van der Waals surface area contributed by atoms with Gasteiger partial charge in [0.25, 0.3) is 0 Å². The van der Waals surface area contributed by atoms with Crippen molar-refractivity contribution in [1.29, 1.82) is 0 Å². The van der Waals surface area contributed by atoms with Crippen molar-refractivity contribution in [2.75, 3.05) is 12.5 Å². The first kappa shape index (κ1) is 11.9. The normalized spacial score (nSPS) is 9.20. The number of aromatic nitrogens is 1. The summed E-state index contributed by atoms with van der Waals surface area (Å²) in [5.74, 6) is 7.28. The van der Waals surface area contributed by atoms with E-state index >= 15 is 0 Å². The number of nitrogens with zero attached hydrogens (tertiary/aromatic N) is 1. The van der Waals surface area contributed by atoms with Gasteiger partial charge in [0.15, 0.2) is 0 Å². The molecule has 0 amide bonds. The number of ether oxygens (including phenoxy) is 1. The minimum atomic E-state index is 0.562. The van der Waals surface area contributed by atoms with Gasteiger partial charge in [-0.2, -0.15) is 0 Å². The van der Waals surface area contributed by atoms with Crippen molar-refractivity contribution in [3.63, 3.8) is 0 Å². The van der Waals surface area contributed by atoms with Crippen LogP contribution in [0.25, 0.3) is 0 Å². The molecule has 0 spiro atoms. The van der Waals surface area contributed by atoms with E-state index in [2.05, 4.69) is 23.7 Å². The minimum Gasteiger partial charge on any atom is -0.492 e. The molecule has 0 aliphatic heterocycles. The summed E-state index contributed by atoms with van der Waals surface area (Å²) in [7, 11) is 0. The van der Waals surface area contributed by atoms with E-state index in [-0.39, 0.29) is 0 Å². The van der Waals surface area contributed by atoms with Crippen molar-refractivity contribution in [1.82, 2.24) is 4.98 Å². The Morgan fingerprint density at radius 3 is 3.07 bits per heavy atom. The Balaban J connectivity index is 2.62. The van der Waals surface area contributed by atoms with E-state index in [1.165, 1.54) is 0 Å². The van der Waals surface area contributed by atoms with Crippen LogP contribution in [0.2, 0.25) is 0 Å². The summed E-state index contributed by atoms with van der Waals surface area (Å²) < 4.78 is 5.45. The number of pyridine rings is 1. The first-order valence-electron chi connectivity index (χ1n) is 4.99. The molecule has 1 heterocycles. The van der Waals surface area contributed by atoms with Crippen LogP contribution in [0, 0.1) is 11.8 Å². The van der Waals surface area contributed by atoms with E-state index in [1.807, 2.05) is 6.07 Å². The largest absolute Gasteiger partial charge is 0.492 e. The molecule has 15 heavy (non-hydrogen) atoms. The van der Waals surface area contributed by atoms with Crippen LogP contribution in [0.4, 0.5) is 0 Å². The van der Waals surface area contributed by atoms with Gasteiger partial charge in [0.05, 0.1) is 12.8 Å². The van der Waals surface area contributed by atoms with Crippen LogP contribution < -0.4 is 4.74 Å². The molecule has 80 valence electrons. The molecule has 0 N–H and O–H groups in total. The average Bonchev–Trinajstić information content (AvgIpc) is 2.27. The molecule has 0 unspecified atom stereocenters. The molecule has 0 aliphatic carbocycles. The maximum Gasteiger partial charge on any atom is 0.138 e. The van der Waals surface area contributed by atoms with E-state index in [4.69, 9.17) is 16.3 Å². The lowest BCUT2D eigenvalue weighted by atomic mass is 10.2. The Morgan fingerprint density at radius 2 is 2.33 bits per heavy atom. The molecule has 3 heteroatoms. The first-order chi connectivity index (χ1) is 7.36. The van der Waals surface area contributed by atoms with Crippen LogP contribution >= 0.6 is 11.6 Å². The summed E-state index contributed by atoms with van der Waals surface area (Å²) in [6.45, 7) is 2.78. The Morgan fingerprint density at radius 1 is 1.47 bits per heavy atom. The van der Waals surface area contributed by atoms with Gasteiger partial charge < -0.3 is 4.74 Å². The summed E-state index contributed by atoms with van der Waals surface area (Å²) in [5, 5.41) is 0. The quantitative estimate of drug-likeness (QED) is 0.579. The summed E-state index contributed by atoms with van der Waals surface area (Å²) in [6.07, 6.45) is 5.10. The predicted octanol–water partition coefficient (Wildman–Crippen LogP) is 2.85. The summed E-state index contributed by atoms with van der Waals surface area (Å²) in [4.78, 5) is 4.06. The van der Waals surface area contributed by atoms with Gasteiger partial charge in [0.2, 0.25) is 0 Å². The fourth-order valence-electron chi connectivity index (χ4n) is 0.998. The van der Waals surface area contributed by atoms with Gasteiger partial charge in [-0.15, -0.1) is 11.6 Å². The van der Waals surface area contributed by atoms with Gasteiger partial charge in [-0.05, 0) is 12.5 Å². The third-order valence-corrected chi connectivity index (χ3v) is 1.83. The monoisotopic (exact) mass is 223 g/mol. The molecular formula is C12H14ClNO. The third kappa shape index (κ3) is 4.71. The molecule has 0 saturated carbocycles. The Labute approximate surface area is 95.6 Å². The van der Waals surface area contributed by atoms with Crippen LogP contribution in [0.3, 0.4) is 0 Å². The standard InChI is InChI=1S/C12H14ClNO/c1-2-7-15-12-8-11(9-14-10-12)5-3-4-6-13/h8-10H,2,4,6-7H2,1H3. The lowest BCUT2D eigenvalue weighted by Crippen LogP contribution is -1.95. The Hall–Kier alpha value is -1.20. The fourth-order valence-corrected chi connectivity index (χ4v) is 1.09. The van der Waals surface area contributed by atoms with Crippen molar-refractivity contribution in [2.45, 2.75) is 19.8 Å². The topological polar surface area (TPSA) is 22.1 Å². The van der Waals surface area contributed by atoms with Gasteiger partial charge >= 0.3 is 0 Å². The zero-order valence-electron chi connectivity index (χ0n) is 8.79. The maximum absolute atomic E-state index is 5.52. The Kier molecular flexibility index (Phi) is 5.65. The smallest absolute Gasteiger partial charge is 0.138 e. The number of hydrogen-bond donors (Lipinski definition) is 0. The highest BCUT2D eigenvalue weighted by Crippen LogP contribution is 2.10. The van der Waals surface area contributed by atoms with E-state index in [0.29, 0.717) is 18.9 Å². The highest BCUT2D eigenvalue weighted by Gasteiger charge is 1.94. The number of alkyl halides is 1. The van der Waals surface area contributed by atoms with Crippen LogP contribution in [0.5, 0.6) is 5.75 Å². The predicted molar refractivity (Wildman–Crippen MR) is 62.2 cm³/mol. The molecular weight excluding hydrogens is 210 g/mol. The average molecular weight is 224 g/mol. The van der Waals surface area contributed by atoms with Gasteiger partial charge in [0, 0.05) is 24.1 Å². The third-order valence-electron chi connectivity index (χ3n) is 1.64. The van der Waals surface area contributed by atoms with Crippen molar-refractivity contribution < 1.29 is 4.74 Å². The van der Waals surface area contributed by atoms with Crippen molar-refractivity contribution >= 4 is 11.6 Å². The second-order valence-corrected chi connectivity index (χ2v) is 3.38. The second kappa shape index (κ2) is 7.14. The van der Waals surface area contributed by atoms with Crippen molar-refractivity contribution in [3.8, 4) is 17.6 Å². The molecule has 0 radical (unpaired) electrons. The number of hydrogen-bond acceptors (Lipinski definition) is 2. The fraction of sp³-hybridized carbons (Fsp3) is 0.417.